The van der Waals surface area contributed by atoms with Crippen LogP contribution in [0, 0.1) is 5.92 Å². The zero-order valence-corrected chi connectivity index (χ0v) is 15.7. The number of ketones is 1. The minimum atomic E-state index is 0.290. The first kappa shape index (κ1) is 21.6. The Morgan fingerprint density at radius 2 is 1.86 bits per heavy atom. The number of hydrogen-bond donors (Lipinski definition) is 0. The molecule has 1 saturated heterocycles. The summed E-state index contributed by atoms with van der Waals surface area (Å²) in [4.78, 5) is 15.6. The molecule has 1 aliphatic rings. The molecule has 0 saturated carbocycles. The SMILES string of the molecule is CC.CC(=O)CCN1CCC(OCC(C)CCN(C)C)CC1. The maximum atomic E-state index is 11.0. The lowest BCUT2D eigenvalue weighted by atomic mass is 10.1. The van der Waals surface area contributed by atoms with Gasteiger partial charge >= 0.3 is 0 Å². The van der Waals surface area contributed by atoms with Crippen molar-refractivity contribution in [2.75, 3.05) is 46.9 Å². The van der Waals surface area contributed by atoms with Crippen LogP contribution in [0.2, 0.25) is 0 Å². The van der Waals surface area contributed by atoms with Crippen LogP contribution in [0.5, 0.6) is 0 Å². The molecule has 1 atom stereocenters. The summed E-state index contributed by atoms with van der Waals surface area (Å²) in [5, 5.41) is 0. The van der Waals surface area contributed by atoms with Gasteiger partial charge in [0.15, 0.2) is 0 Å². The monoisotopic (exact) mass is 314 g/mol. The molecule has 1 unspecified atom stereocenters. The van der Waals surface area contributed by atoms with Gasteiger partial charge in [-0.1, -0.05) is 20.8 Å². The lowest BCUT2D eigenvalue weighted by Crippen LogP contribution is -2.38. The molecule has 0 aromatic carbocycles. The van der Waals surface area contributed by atoms with Crippen molar-refractivity contribution >= 4 is 5.78 Å². The third-order valence-corrected chi connectivity index (χ3v) is 4.00. The van der Waals surface area contributed by atoms with Crippen LogP contribution in [-0.2, 0) is 9.53 Å². The number of piperidine rings is 1. The standard InChI is InChI=1S/C16H32N2O2.C2H6/c1-14(5-9-17(3)4)13-20-16-7-11-18(12-8-16)10-6-15(2)19;1-2/h14,16H,5-13H2,1-4H3;1-2H3. The van der Waals surface area contributed by atoms with E-state index in [0.29, 0.717) is 18.4 Å². The van der Waals surface area contributed by atoms with E-state index in [9.17, 15) is 4.79 Å². The smallest absolute Gasteiger partial charge is 0.131 e. The van der Waals surface area contributed by atoms with Crippen LogP contribution in [0.15, 0.2) is 0 Å². The first-order valence-corrected chi connectivity index (χ1v) is 8.95. The molecule has 0 aromatic heterocycles. The van der Waals surface area contributed by atoms with Crippen molar-refractivity contribution in [3.8, 4) is 0 Å². The summed E-state index contributed by atoms with van der Waals surface area (Å²) in [6.07, 6.45) is 4.53. The number of ether oxygens (including phenoxy) is 1. The third-order valence-electron chi connectivity index (χ3n) is 4.00. The summed E-state index contributed by atoms with van der Waals surface area (Å²) in [6, 6.07) is 0. The van der Waals surface area contributed by atoms with E-state index in [1.165, 1.54) is 6.42 Å². The molecule has 1 rings (SSSR count). The summed E-state index contributed by atoms with van der Waals surface area (Å²) < 4.78 is 6.04. The molecular formula is C18H38N2O2. The van der Waals surface area contributed by atoms with Crippen molar-refractivity contribution < 1.29 is 9.53 Å². The second-order valence-electron chi connectivity index (χ2n) is 6.52. The van der Waals surface area contributed by atoms with E-state index in [2.05, 4.69) is 30.8 Å². The van der Waals surface area contributed by atoms with Crippen molar-refractivity contribution in [3.63, 3.8) is 0 Å². The summed E-state index contributed by atoms with van der Waals surface area (Å²) >= 11 is 0. The lowest BCUT2D eigenvalue weighted by Gasteiger charge is -2.32. The molecule has 22 heavy (non-hydrogen) atoms. The van der Waals surface area contributed by atoms with Crippen molar-refractivity contribution in [1.82, 2.24) is 9.80 Å². The van der Waals surface area contributed by atoms with Crippen LogP contribution in [0.3, 0.4) is 0 Å². The average molecular weight is 315 g/mol. The van der Waals surface area contributed by atoms with E-state index in [-0.39, 0.29) is 5.78 Å². The highest BCUT2D eigenvalue weighted by molar-refractivity contribution is 5.75. The van der Waals surface area contributed by atoms with Crippen molar-refractivity contribution in [2.24, 2.45) is 5.92 Å². The third kappa shape index (κ3) is 11.2. The fraction of sp³-hybridized carbons (Fsp3) is 0.944. The van der Waals surface area contributed by atoms with Crippen LogP contribution < -0.4 is 0 Å². The molecule has 0 N–H and O–H groups in total. The molecule has 1 aliphatic heterocycles. The molecule has 4 nitrogen and oxygen atoms in total. The summed E-state index contributed by atoms with van der Waals surface area (Å²) in [7, 11) is 4.23. The lowest BCUT2D eigenvalue weighted by molar-refractivity contribution is -0.117. The molecular weight excluding hydrogens is 276 g/mol. The Morgan fingerprint density at radius 1 is 1.27 bits per heavy atom. The predicted molar refractivity (Wildman–Crippen MR) is 94.4 cm³/mol. The first-order valence-electron chi connectivity index (χ1n) is 8.95. The van der Waals surface area contributed by atoms with E-state index in [0.717, 1.165) is 45.6 Å². The molecule has 132 valence electrons. The predicted octanol–water partition coefficient (Wildman–Crippen LogP) is 3.06. The van der Waals surface area contributed by atoms with Gasteiger partial charge in [-0.25, -0.2) is 0 Å². The molecule has 1 heterocycles. The van der Waals surface area contributed by atoms with Crippen LogP contribution in [0.25, 0.3) is 0 Å². The van der Waals surface area contributed by atoms with E-state index < -0.39 is 0 Å². The molecule has 0 amide bonds. The van der Waals surface area contributed by atoms with Gasteiger partial charge in [0.1, 0.15) is 5.78 Å². The van der Waals surface area contributed by atoms with Crippen LogP contribution in [-0.4, -0.2) is 68.6 Å². The number of carbonyl (C=O) groups is 1. The summed E-state index contributed by atoms with van der Waals surface area (Å²) in [6.45, 7) is 13.0. The highest BCUT2D eigenvalue weighted by Crippen LogP contribution is 2.15. The summed E-state index contributed by atoms with van der Waals surface area (Å²) in [5.41, 5.74) is 0. The highest BCUT2D eigenvalue weighted by Gasteiger charge is 2.20. The number of likely N-dealkylation sites (tertiary alicyclic amines) is 1. The van der Waals surface area contributed by atoms with Crippen LogP contribution >= 0.6 is 0 Å². The van der Waals surface area contributed by atoms with E-state index in [4.69, 9.17) is 4.74 Å². The Kier molecular flexibility index (Phi) is 12.8. The second kappa shape index (κ2) is 13.0. The number of rotatable bonds is 9. The van der Waals surface area contributed by atoms with E-state index in [1.807, 2.05) is 13.8 Å². The molecule has 0 aliphatic carbocycles. The van der Waals surface area contributed by atoms with Gasteiger partial charge in [0.05, 0.1) is 6.10 Å². The first-order chi connectivity index (χ1) is 10.5. The molecule has 0 aromatic rings. The van der Waals surface area contributed by atoms with Gasteiger partial charge in [-0.2, -0.15) is 0 Å². The average Bonchev–Trinajstić information content (AvgIpc) is 2.51. The van der Waals surface area contributed by atoms with Gasteiger partial charge < -0.3 is 14.5 Å². The molecule has 0 bridgehead atoms. The van der Waals surface area contributed by atoms with Gasteiger partial charge in [0, 0.05) is 32.7 Å². The van der Waals surface area contributed by atoms with Gasteiger partial charge in [0.2, 0.25) is 0 Å². The largest absolute Gasteiger partial charge is 0.378 e. The Labute approximate surface area is 138 Å². The van der Waals surface area contributed by atoms with Gasteiger partial charge in [-0.05, 0) is 52.7 Å². The molecule has 4 heteroatoms. The number of Topliss-reactive ketones (excluding diaryl/α,β-unsaturated/α-hetero) is 1. The topological polar surface area (TPSA) is 32.8 Å². The fourth-order valence-electron chi connectivity index (χ4n) is 2.48. The molecule has 1 fully saturated rings. The quantitative estimate of drug-likeness (QED) is 0.655. The van der Waals surface area contributed by atoms with Gasteiger partial charge in [-0.15, -0.1) is 0 Å². The number of carbonyl (C=O) groups excluding carboxylic acids is 1. The Hall–Kier alpha value is -0.450. The van der Waals surface area contributed by atoms with Crippen LogP contribution in [0.1, 0.15) is 53.4 Å². The zero-order chi connectivity index (χ0) is 17.0. The minimum absolute atomic E-state index is 0.290. The summed E-state index contributed by atoms with van der Waals surface area (Å²) in [5.74, 6) is 0.922. The Morgan fingerprint density at radius 3 is 2.36 bits per heavy atom. The maximum Gasteiger partial charge on any atom is 0.131 e. The number of nitrogens with zero attached hydrogens (tertiary/aromatic N) is 2. The minimum Gasteiger partial charge on any atom is -0.378 e. The van der Waals surface area contributed by atoms with Gasteiger partial charge in [-0.3, -0.25) is 4.79 Å². The van der Waals surface area contributed by atoms with E-state index >= 15 is 0 Å². The molecule has 0 radical (unpaired) electrons. The van der Waals surface area contributed by atoms with Gasteiger partial charge in [0.25, 0.3) is 0 Å². The van der Waals surface area contributed by atoms with Crippen molar-refractivity contribution in [1.29, 1.82) is 0 Å². The Balaban J connectivity index is 0.00000211. The van der Waals surface area contributed by atoms with Crippen molar-refractivity contribution in [3.05, 3.63) is 0 Å². The van der Waals surface area contributed by atoms with E-state index in [1.54, 1.807) is 6.92 Å². The van der Waals surface area contributed by atoms with Crippen LogP contribution in [0.4, 0.5) is 0 Å². The van der Waals surface area contributed by atoms with Crippen molar-refractivity contribution in [2.45, 2.75) is 59.5 Å². The Bertz CT molecular complexity index is 274. The number of hydrogen-bond acceptors (Lipinski definition) is 4. The maximum absolute atomic E-state index is 11.0. The normalized spacial score (nSPS) is 18.0. The zero-order valence-electron chi connectivity index (χ0n) is 15.7. The highest BCUT2D eigenvalue weighted by atomic mass is 16.5. The molecule has 0 spiro atoms. The fourth-order valence-corrected chi connectivity index (χ4v) is 2.48. The second-order valence-corrected chi connectivity index (χ2v) is 6.52.